The molecule has 0 unspecified atom stereocenters. The Morgan fingerprint density at radius 2 is 1.48 bits per heavy atom. The Labute approximate surface area is 151 Å². The Kier molecular flexibility index (Phi) is 8.74. The van der Waals surface area contributed by atoms with Gasteiger partial charge >= 0.3 is 8.80 Å². The fraction of sp³-hybridized carbons (Fsp3) is 0.611. The van der Waals surface area contributed by atoms with E-state index in [4.69, 9.17) is 18.0 Å². The molecule has 25 heavy (non-hydrogen) atoms. The average Bonchev–Trinajstić information content (AvgIpc) is 2.55. The Morgan fingerprint density at radius 3 is 1.88 bits per heavy atom. The SMILES string of the molecule is CCO[Si](CCOc1ccc(C(=O)C(C)(C)O)cc1)(OCC)OCC. The molecular formula is C18H30O6Si. The first-order valence-corrected chi connectivity index (χ1v) is 10.6. The summed E-state index contributed by atoms with van der Waals surface area (Å²) in [7, 11) is -2.72. The molecule has 7 heteroatoms. The summed E-state index contributed by atoms with van der Waals surface area (Å²) in [6, 6.07) is 7.27. The highest BCUT2D eigenvalue weighted by molar-refractivity contribution is 6.60. The molecule has 0 aliphatic carbocycles. The van der Waals surface area contributed by atoms with Crippen molar-refractivity contribution in [1.82, 2.24) is 0 Å². The first-order valence-electron chi connectivity index (χ1n) is 8.70. The molecule has 0 radical (unpaired) electrons. The number of aliphatic hydroxyl groups is 1. The van der Waals surface area contributed by atoms with Gasteiger partial charge in [0.15, 0.2) is 5.78 Å². The fourth-order valence-corrected chi connectivity index (χ4v) is 4.71. The van der Waals surface area contributed by atoms with E-state index in [1.165, 1.54) is 13.8 Å². The second-order valence-electron chi connectivity index (χ2n) is 5.99. The Morgan fingerprint density at radius 1 is 1.00 bits per heavy atom. The van der Waals surface area contributed by atoms with Crippen molar-refractivity contribution in [2.75, 3.05) is 26.4 Å². The molecule has 0 aliphatic heterocycles. The van der Waals surface area contributed by atoms with Gasteiger partial charge in [-0.05, 0) is 58.9 Å². The van der Waals surface area contributed by atoms with Crippen LogP contribution in [0.25, 0.3) is 0 Å². The number of carbonyl (C=O) groups excluding carboxylic acids is 1. The van der Waals surface area contributed by atoms with E-state index in [2.05, 4.69) is 0 Å². The lowest BCUT2D eigenvalue weighted by molar-refractivity contribution is 0.0488. The zero-order chi connectivity index (χ0) is 18.9. The minimum absolute atomic E-state index is 0.325. The molecular weight excluding hydrogens is 340 g/mol. The van der Waals surface area contributed by atoms with E-state index in [9.17, 15) is 9.90 Å². The van der Waals surface area contributed by atoms with Gasteiger partial charge in [-0.3, -0.25) is 4.79 Å². The van der Waals surface area contributed by atoms with E-state index in [1.807, 2.05) is 20.8 Å². The average molecular weight is 371 g/mol. The molecule has 0 bridgehead atoms. The van der Waals surface area contributed by atoms with E-state index >= 15 is 0 Å². The van der Waals surface area contributed by atoms with Crippen molar-refractivity contribution < 1.29 is 27.9 Å². The largest absolute Gasteiger partial charge is 0.504 e. The highest BCUT2D eigenvalue weighted by Gasteiger charge is 2.40. The third-order valence-corrected chi connectivity index (χ3v) is 6.44. The van der Waals surface area contributed by atoms with Crippen molar-refractivity contribution in [2.24, 2.45) is 0 Å². The Hall–Kier alpha value is -1.25. The van der Waals surface area contributed by atoms with Gasteiger partial charge in [0, 0.05) is 25.4 Å². The summed E-state index contributed by atoms with van der Waals surface area (Å²) in [5, 5.41) is 9.77. The van der Waals surface area contributed by atoms with Crippen LogP contribution in [0.5, 0.6) is 5.75 Å². The molecule has 1 aromatic rings. The van der Waals surface area contributed by atoms with Crippen molar-refractivity contribution in [3.05, 3.63) is 29.8 Å². The Bertz CT molecular complexity index is 506. The molecule has 1 aromatic carbocycles. The predicted octanol–water partition coefficient (Wildman–Crippen LogP) is 3.07. The molecule has 0 aliphatic rings. The van der Waals surface area contributed by atoms with Crippen LogP contribution in [0.3, 0.4) is 0 Å². The summed E-state index contributed by atoms with van der Waals surface area (Å²) in [6.07, 6.45) is 0. The van der Waals surface area contributed by atoms with Crippen molar-refractivity contribution in [3.63, 3.8) is 0 Å². The first-order chi connectivity index (χ1) is 11.8. The summed E-state index contributed by atoms with van der Waals surface area (Å²) < 4.78 is 23.1. The van der Waals surface area contributed by atoms with E-state index in [1.54, 1.807) is 24.3 Å². The summed E-state index contributed by atoms with van der Waals surface area (Å²) in [5.74, 6) is 0.314. The van der Waals surface area contributed by atoms with Gasteiger partial charge in [-0.1, -0.05) is 0 Å². The van der Waals surface area contributed by atoms with Gasteiger partial charge in [0.1, 0.15) is 11.4 Å². The van der Waals surface area contributed by atoms with Crippen LogP contribution >= 0.6 is 0 Å². The van der Waals surface area contributed by atoms with Crippen LogP contribution in [-0.2, 0) is 13.3 Å². The van der Waals surface area contributed by atoms with Gasteiger partial charge in [-0.2, -0.15) is 0 Å². The molecule has 6 nitrogen and oxygen atoms in total. The molecule has 0 fully saturated rings. The van der Waals surface area contributed by atoms with Gasteiger partial charge in [0.25, 0.3) is 0 Å². The molecule has 1 N–H and O–H groups in total. The van der Waals surface area contributed by atoms with Crippen LogP contribution in [0.1, 0.15) is 45.0 Å². The molecule has 1 rings (SSSR count). The van der Waals surface area contributed by atoms with Gasteiger partial charge in [-0.25, -0.2) is 0 Å². The third-order valence-electron chi connectivity index (χ3n) is 3.44. The standard InChI is InChI=1S/C18H30O6Si/c1-6-22-25(23-7-2,24-8-3)14-13-21-16-11-9-15(10-12-16)17(19)18(4,5)20/h9-12,20H,6-8,13-14H2,1-5H3. The smallest absolute Gasteiger partial charge is 0.494 e. The number of ketones is 1. The fourth-order valence-electron chi connectivity index (χ4n) is 2.35. The van der Waals surface area contributed by atoms with E-state index in [-0.39, 0.29) is 5.78 Å². The number of ether oxygens (including phenoxy) is 1. The van der Waals surface area contributed by atoms with Crippen molar-refractivity contribution in [2.45, 2.75) is 46.3 Å². The van der Waals surface area contributed by atoms with Gasteiger partial charge in [0.2, 0.25) is 0 Å². The lowest BCUT2D eigenvalue weighted by Gasteiger charge is -2.28. The van der Waals surface area contributed by atoms with Crippen LogP contribution < -0.4 is 4.74 Å². The molecule has 0 saturated carbocycles. The maximum Gasteiger partial charge on any atom is 0.504 e. The lowest BCUT2D eigenvalue weighted by Crippen LogP contribution is -2.47. The van der Waals surface area contributed by atoms with E-state index in [0.29, 0.717) is 43.8 Å². The number of hydrogen-bond acceptors (Lipinski definition) is 6. The van der Waals surface area contributed by atoms with Crippen LogP contribution in [0.4, 0.5) is 0 Å². The lowest BCUT2D eigenvalue weighted by atomic mass is 9.97. The van der Waals surface area contributed by atoms with Gasteiger partial charge < -0.3 is 23.1 Å². The predicted molar refractivity (Wildman–Crippen MR) is 98.0 cm³/mol. The van der Waals surface area contributed by atoms with Crippen molar-refractivity contribution >= 4 is 14.6 Å². The van der Waals surface area contributed by atoms with E-state index < -0.39 is 14.4 Å². The molecule has 0 saturated heterocycles. The quantitative estimate of drug-likeness (QED) is 0.450. The summed E-state index contributed by atoms with van der Waals surface area (Å²) >= 11 is 0. The molecule has 142 valence electrons. The maximum atomic E-state index is 12.0. The topological polar surface area (TPSA) is 74.2 Å². The highest BCUT2D eigenvalue weighted by Crippen LogP contribution is 2.20. The minimum atomic E-state index is -2.72. The third kappa shape index (κ3) is 6.87. The number of hydrogen-bond donors (Lipinski definition) is 1. The summed E-state index contributed by atoms with van der Waals surface area (Å²) in [4.78, 5) is 12.0. The first kappa shape index (κ1) is 21.8. The van der Waals surface area contributed by atoms with Crippen LogP contribution in [-0.4, -0.2) is 51.7 Å². The zero-order valence-corrected chi connectivity index (χ0v) is 16.8. The monoisotopic (exact) mass is 370 g/mol. The Balaban J connectivity index is 2.66. The molecule has 0 heterocycles. The number of carbonyl (C=O) groups is 1. The second-order valence-corrected chi connectivity index (χ2v) is 8.73. The van der Waals surface area contributed by atoms with Crippen LogP contribution in [0.15, 0.2) is 24.3 Å². The van der Waals surface area contributed by atoms with E-state index in [0.717, 1.165) is 0 Å². The van der Waals surface area contributed by atoms with Crippen molar-refractivity contribution in [1.29, 1.82) is 0 Å². The summed E-state index contributed by atoms with van der Waals surface area (Å²) in [5.41, 5.74) is -0.943. The molecule has 0 amide bonds. The highest BCUT2D eigenvalue weighted by atomic mass is 28.4. The van der Waals surface area contributed by atoms with Gasteiger partial charge in [-0.15, -0.1) is 0 Å². The van der Waals surface area contributed by atoms with Crippen molar-refractivity contribution in [3.8, 4) is 5.75 Å². The van der Waals surface area contributed by atoms with Gasteiger partial charge in [0.05, 0.1) is 12.7 Å². The normalized spacial score (nSPS) is 12.2. The number of Topliss-reactive ketones (excluding diaryl/α,β-unsaturated/α-hetero) is 1. The zero-order valence-electron chi connectivity index (χ0n) is 15.8. The molecule has 0 spiro atoms. The maximum absolute atomic E-state index is 12.0. The number of benzene rings is 1. The minimum Gasteiger partial charge on any atom is -0.494 e. The molecule has 0 aromatic heterocycles. The second kappa shape index (κ2) is 10.0. The molecule has 0 atom stereocenters. The number of rotatable bonds is 12. The van der Waals surface area contributed by atoms with Crippen LogP contribution in [0, 0.1) is 0 Å². The van der Waals surface area contributed by atoms with Crippen LogP contribution in [0.2, 0.25) is 6.04 Å². The summed E-state index contributed by atoms with van der Waals surface area (Å²) in [6.45, 7) is 10.7.